The molecule has 5 heteroatoms. The summed E-state index contributed by atoms with van der Waals surface area (Å²) in [7, 11) is -2.94. The molecule has 0 spiro atoms. The second kappa shape index (κ2) is 5.14. The molecule has 0 bridgehead atoms. The molecule has 2 atom stereocenters. The summed E-state index contributed by atoms with van der Waals surface area (Å²) in [6.07, 6.45) is 4.04. The molecule has 2 unspecified atom stereocenters. The van der Waals surface area contributed by atoms with Gasteiger partial charge in [-0.05, 0) is 66.1 Å². The molecule has 1 saturated carbocycles. The zero-order valence-corrected chi connectivity index (χ0v) is 12.7. The van der Waals surface area contributed by atoms with Crippen molar-refractivity contribution in [1.82, 2.24) is 0 Å². The van der Waals surface area contributed by atoms with E-state index in [9.17, 15) is 8.42 Å². The number of nitrogens with one attached hydrogen (secondary N) is 1. The number of rotatable bonds is 3. The summed E-state index contributed by atoms with van der Waals surface area (Å²) < 4.78 is 24.5. The van der Waals surface area contributed by atoms with E-state index >= 15 is 0 Å². The number of benzene rings is 1. The van der Waals surface area contributed by atoms with Crippen molar-refractivity contribution in [1.29, 1.82) is 0 Å². The maximum atomic E-state index is 11.6. The van der Waals surface area contributed by atoms with E-state index in [0.29, 0.717) is 0 Å². The summed E-state index contributed by atoms with van der Waals surface area (Å²) in [5.41, 5.74) is 1.01. The highest BCUT2D eigenvalue weighted by molar-refractivity contribution is 14.1. The summed E-state index contributed by atoms with van der Waals surface area (Å²) in [5.74, 6) is 0. The number of halogens is 1. The lowest BCUT2D eigenvalue weighted by molar-refractivity contribution is 0.579. The van der Waals surface area contributed by atoms with Crippen molar-refractivity contribution in [2.24, 2.45) is 0 Å². The van der Waals surface area contributed by atoms with Crippen molar-refractivity contribution in [2.75, 3.05) is 11.6 Å². The van der Waals surface area contributed by atoms with Crippen molar-refractivity contribution in [2.45, 2.75) is 30.6 Å². The predicted molar refractivity (Wildman–Crippen MR) is 79.1 cm³/mol. The van der Waals surface area contributed by atoms with Crippen LogP contribution in [0.2, 0.25) is 0 Å². The van der Waals surface area contributed by atoms with Gasteiger partial charge >= 0.3 is 0 Å². The smallest absolute Gasteiger partial charge is 0.152 e. The predicted octanol–water partition coefficient (Wildman–Crippen LogP) is 2.67. The molecule has 3 nitrogen and oxygen atoms in total. The third-order valence-corrected chi connectivity index (χ3v) is 5.58. The van der Waals surface area contributed by atoms with Crippen LogP contribution in [0.1, 0.15) is 19.3 Å². The normalized spacial score (nSPS) is 24.8. The Morgan fingerprint density at radius 3 is 2.47 bits per heavy atom. The molecule has 94 valence electrons. The molecule has 1 aliphatic carbocycles. The molecule has 1 aromatic carbocycles. The van der Waals surface area contributed by atoms with Gasteiger partial charge in [-0.15, -0.1) is 0 Å². The van der Waals surface area contributed by atoms with Crippen molar-refractivity contribution >= 4 is 38.1 Å². The lowest BCUT2D eigenvalue weighted by Crippen LogP contribution is -2.34. The number of hydrogen-bond acceptors (Lipinski definition) is 3. The zero-order chi connectivity index (χ0) is 12.5. The van der Waals surface area contributed by atoms with Crippen LogP contribution in [0.25, 0.3) is 0 Å². The molecule has 0 heterocycles. The molecule has 2 rings (SSSR count). The van der Waals surface area contributed by atoms with Crippen LogP contribution in [0, 0.1) is 3.57 Å². The standard InChI is InChI=1S/C12H16INO2S/c1-17(15,16)12-4-2-3-11(12)14-10-7-5-9(13)6-8-10/h5-8,11-12,14H,2-4H2,1H3. The largest absolute Gasteiger partial charge is 0.381 e. The quantitative estimate of drug-likeness (QED) is 0.838. The fourth-order valence-corrected chi connectivity index (χ4v) is 4.12. The van der Waals surface area contributed by atoms with Crippen LogP contribution in [0.4, 0.5) is 5.69 Å². The summed E-state index contributed by atoms with van der Waals surface area (Å²) in [4.78, 5) is 0. The van der Waals surface area contributed by atoms with Crippen LogP contribution in [0.5, 0.6) is 0 Å². The van der Waals surface area contributed by atoms with Crippen LogP contribution in [-0.2, 0) is 9.84 Å². The van der Waals surface area contributed by atoms with Crippen LogP contribution < -0.4 is 5.32 Å². The Hall–Kier alpha value is -0.300. The van der Waals surface area contributed by atoms with Gasteiger partial charge in [0.25, 0.3) is 0 Å². The molecule has 0 radical (unpaired) electrons. The van der Waals surface area contributed by atoms with Crippen molar-refractivity contribution in [3.05, 3.63) is 27.8 Å². The van der Waals surface area contributed by atoms with E-state index in [1.54, 1.807) is 0 Å². The number of anilines is 1. The molecule has 1 N–H and O–H groups in total. The Balaban J connectivity index is 2.11. The highest BCUT2D eigenvalue weighted by Crippen LogP contribution is 2.28. The fraction of sp³-hybridized carbons (Fsp3) is 0.500. The first-order valence-electron chi connectivity index (χ1n) is 5.68. The van der Waals surface area contributed by atoms with E-state index in [2.05, 4.69) is 27.9 Å². The van der Waals surface area contributed by atoms with E-state index < -0.39 is 9.84 Å². The van der Waals surface area contributed by atoms with Gasteiger partial charge in [0.15, 0.2) is 9.84 Å². The average Bonchev–Trinajstić information content (AvgIpc) is 2.69. The summed E-state index contributed by atoms with van der Waals surface area (Å²) >= 11 is 2.25. The van der Waals surface area contributed by atoms with Gasteiger partial charge in [0.05, 0.1) is 5.25 Å². The highest BCUT2D eigenvalue weighted by Gasteiger charge is 2.34. The number of hydrogen-bond donors (Lipinski definition) is 1. The van der Waals surface area contributed by atoms with E-state index in [0.717, 1.165) is 24.9 Å². The highest BCUT2D eigenvalue weighted by atomic mass is 127. The van der Waals surface area contributed by atoms with Crippen molar-refractivity contribution in [3.63, 3.8) is 0 Å². The second-order valence-corrected chi connectivity index (χ2v) is 8.07. The molecule has 0 aliphatic heterocycles. The molecule has 1 aromatic rings. The van der Waals surface area contributed by atoms with Gasteiger partial charge in [-0.2, -0.15) is 0 Å². The Bertz CT molecular complexity index is 484. The Morgan fingerprint density at radius 2 is 1.88 bits per heavy atom. The van der Waals surface area contributed by atoms with E-state index in [1.165, 1.54) is 9.83 Å². The first-order chi connectivity index (χ1) is 7.97. The molecule has 0 amide bonds. The van der Waals surface area contributed by atoms with Crippen molar-refractivity contribution in [3.8, 4) is 0 Å². The molecule has 0 saturated heterocycles. The van der Waals surface area contributed by atoms with Gasteiger partial charge in [0, 0.05) is 21.6 Å². The summed E-state index contributed by atoms with van der Waals surface area (Å²) in [5, 5.41) is 3.11. The fourth-order valence-electron chi connectivity index (χ4n) is 2.36. The molecule has 1 fully saturated rings. The first kappa shape index (κ1) is 13.1. The molecular formula is C12H16INO2S. The van der Waals surface area contributed by atoms with Crippen LogP contribution in [0.15, 0.2) is 24.3 Å². The Morgan fingerprint density at radius 1 is 1.24 bits per heavy atom. The maximum absolute atomic E-state index is 11.6. The minimum Gasteiger partial charge on any atom is -0.381 e. The minimum absolute atomic E-state index is 0.0602. The SMILES string of the molecule is CS(=O)(=O)C1CCCC1Nc1ccc(I)cc1. The van der Waals surface area contributed by atoms with Gasteiger partial charge in [-0.3, -0.25) is 0 Å². The van der Waals surface area contributed by atoms with E-state index in [-0.39, 0.29) is 11.3 Å². The molecular weight excluding hydrogens is 349 g/mol. The summed E-state index contributed by atoms with van der Waals surface area (Å²) in [6, 6.07) is 8.10. The number of sulfone groups is 1. The van der Waals surface area contributed by atoms with Gasteiger partial charge < -0.3 is 5.32 Å². The Labute approximate surface area is 116 Å². The zero-order valence-electron chi connectivity index (χ0n) is 9.69. The van der Waals surface area contributed by atoms with Gasteiger partial charge in [0.1, 0.15) is 0 Å². The molecule has 17 heavy (non-hydrogen) atoms. The monoisotopic (exact) mass is 365 g/mol. The molecule has 1 aliphatic rings. The summed E-state index contributed by atoms with van der Waals surface area (Å²) in [6.45, 7) is 0. The van der Waals surface area contributed by atoms with Crippen LogP contribution >= 0.6 is 22.6 Å². The van der Waals surface area contributed by atoms with Crippen LogP contribution in [0.3, 0.4) is 0 Å². The van der Waals surface area contributed by atoms with Gasteiger partial charge in [-0.1, -0.05) is 0 Å². The second-order valence-electron chi connectivity index (χ2n) is 4.56. The molecule has 0 aromatic heterocycles. The van der Waals surface area contributed by atoms with E-state index in [4.69, 9.17) is 0 Å². The maximum Gasteiger partial charge on any atom is 0.152 e. The van der Waals surface area contributed by atoms with Crippen molar-refractivity contribution < 1.29 is 8.42 Å². The third kappa shape index (κ3) is 3.34. The van der Waals surface area contributed by atoms with Gasteiger partial charge in [-0.25, -0.2) is 8.42 Å². The average molecular weight is 365 g/mol. The third-order valence-electron chi connectivity index (χ3n) is 3.20. The topological polar surface area (TPSA) is 46.2 Å². The first-order valence-corrected chi connectivity index (χ1v) is 8.71. The lowest BCUT2D eigenvalue weighted by Gasteiger charge is -2.20. The Kier molecular flexibility index (Phi) is 3.97. The van der Waals surface area contributed by atoms with E-state index in [1.807, 2.05) is 24.3 Å². The lowest BCUT2D eigenvalue weighted by atomic mass is 10.2. The van der Waals surface area contributed by atoms with Gasteiger partial charge in [0.2, 0.25) is 0 Å². The minimum atomic E-state index is -2.94. The van der Waals surface area contributed by atoms with Crippen LogP contribution in [-0.4, -0.2) is 26.0 Å².